The lowest BCUT2D eigenvalue weighted by atomic mass is 10.1. The molecule has 0 fully saturated rings. The number of benzene rings is 2. The molecule has 1 radical (unpaired) electrons. The number of rotatable bonds is 2. The minimum absolute atomic E-state index is 0.252. The monoisotopic (exact) mass is 280 g/mol. The van der Waals surface area contributed by atoms with Crippen LogP contribution in [0.1, 0.15) is 10.4 Å². The zero-order chi connectivity index (χ0) is 14.8. The molecule has 0 aromatic heterocycles. The van der Waals surface area contributed by atoms with E-state index in [-0.39, 0.29) is 11.8 Å². The molecule has 21 heavy (non-hydrogen) atoms. The second-order valence-electron chi connectivity index (χ2n) is 4.76. The number of hydrogen-bond acceptors (Lipinski definition) is 2. The quantitative estimate of drug-likeness (QED) is 0.909. The fourth-order valence-electron chi connectivity index (χ4n) is 2.24. The highest BCUT2D eigenvalue weighted by atomic mass is 16.2. The van der Waals surface area contributed by atoms with Crippen LogP contribution in [0.2, 0.25) is 0 Å². The summed E-state index contributed by atoms with van der Waals surface area (Å²) in [7, 11) is 1.68. The van der Waals surface area contributed by atoms with Gasteiger partial charge in [0.05, 0.1) is 11.4 Å². The average Bonchev–Trinajstić information content (AvgIpc) is 2.53. The molecular weight excluding hydrogens is 266 g/mol. The Bertz CT molecular complexity index is 685. The normalized spacial score (nSPS) is 16.9. The Hall–Kier alpha value is -2.82. The summed E-state index contributed by atoms with van der Waals surface area (Å²) >= 11 is 0. The third kappa shape index (κ3) is 2.45. The van der Waals surface area contributed by atoms with Gasteiger partial charge in [-0.3, -0.25) is 9.59 Å². The summed E-state index contributed by atoms with van der Waals surface area (Å²) in [6, 6.07) is 16.1. The Morgan fingerprint density at radius 3 is 2.52 bits per heavy atom. The Morgan fingerprint density at radius 1 is 1.10 bits per heavy atom. The van der Waals surface area contributed by atoms with Crippen molar-refractivity contribution in [2.24, 2.45) is 0 Å². The Balaban J connectivity index is 1.81. The largest absolute Gasteiger partial charge is 0.322 e. The molecule has 0 bridgehead atoms. The van der Waals surface area contributed by atoms with Crippen LogP contribution in [0.3, 0.4) is 0 Å². The van der Waals surface area contributed by atoms with Crippen molar-refractivity contribution >= 4 is 23.2 Å². The van der Waals surface area contributed by atoms with Gasteiger partial charge in [-0.05, 0) is 24.3 Å². The van der Waals surface area contributed by atoms with Gasteiger partial charge in [0.1, 0.15) is 0 Å². The summed E-state index contributed by atoms with van der Waals surface area (Å²) in [5.41, 5.74) is 1.94. The van der Waals surface area contributed by atoms with Crippen molar-refractivity contribution in [3.63, 3.8) is 0 Å². The van der Waals surface area contributed by atoms with Crippen molar-refractivity contribution in [1.29, 1.82) is 0 Å². The van der Waals surface area contributed by atoms with Crippen LogP contribution in [-0.4, -0.2) is 25.0 Å². The average molecular weight is 280 g/mol. The summed E-state index contributed by atoms with van der Waals surface area (Å²) in [6.45, 7) is 0. The Morgan fingerprint density at radius 2 is 1.76 bits per heavy atom. The molecule has 0 spiro atoms. The summed E-state index contributed by atoms with van der Waals surface area (Å²) in [5, 5.41) is 6.98. The van der Waals surface area contributed by atoms with Crippen LogP contribution in [-0.2, 0) is 4.79 Å². The number of amides is 2. The molecular formula is C16H14N3O2. The SMILES string of the molecule is CN1C(=O)[C@H](NC(=O)c2ccccc2)[N]c2ccccc21. The lowest BCUT2D eigenvalue weighted by molar-refractivity contribution is -0.121. The number of likely N-dealkylation sites (N-methyl/N-ethyl adjacent to an activating group) is 1. The molecule has 1 heterocycles. The van der Waals surface area contributed by atoms with Crippen molar-refractivity contribution in [2.45, 2.75) is 6.17 Å². The summed E-state index contributed by atoms with van der Waals surface area (Å²) in [4.78, 5) is 25.9. The van der Waals surface area contributed by atoms with E-state index in [1.165, 1.54) is 4.90 Å². The van der Waals surface area contributed by atoms with Gasteiger partial charge in [-0.15, -0.1) is 0 Å². The first-order chi connectivity index (χ1) is 10.2. The van der Waals surface area contributed by atoms with Gasteiger partial charge in [0, 0.05) is 12.6 Å². The van der Waals surface area contributed by atoms with E-state index >= 15 is 0 Å². The topological polar surface area (TPSA) is 63.5 Å². The first-order valence-corrected chi connectivity index (χ1v) is 6.60. The summed E-state index contributed by atoms with van der Waals surface area (Å²) < 4.78 is 0. The van der Waals surface area contributed by atoms with Crippen molar-refractivity contribution in [2.75, 3.05) is 11.9 Å². The highest BCUT2D eigenvalue weighted by molar-refractivity contribution is 6.05. The molecule has 2 amide bonds. The number of nitrogens with one attached hydrogen (secondary N) is 1. The molecule has 1 aliphatic heterocycles. The van der Waals surface area contributed by atoms with Crippen LogP contribution in [0.15, 0.2) is 54.6 Å². The van der Waals surface area contributed by atoms with E-state index in [9.17, 15) is 9.59 Å². The highest BCUT2D eigenvalue weighted by Crippen LogP contribution is 2.29. The summed E-state index contributed by atoms with van der Waals surface area (Å²) in [5.74, 6) is -0.566. The van der Waals surface area contributed by atoms with Gasteiger partial charge in [-0.25, -0.2) is 5.32 Å². The molecule has 1 aliphatic rings. The maximum Gasteiger partial charge on any atom is 0.272 e. The van der Waals surface area contributed by atoms with E-state index in [0.717, 1.165) is 5.69 Å². The maximum absolute atomic E-state index is 12.3. The molecule has 0 saturated heterocycles. The number of carbonyl (C=O) groups is 2. The van der Waals surface area contributed by atoms with Crippen LogP contribution in [0, 0.1) is 0 Å². The number of nitrogens with zero attached hydrogens (tertiary/aromatic N) is 2. The standard InChI is InChI=1S/C16H14N3O2/c1-19-13-10-6-5-9-12(13)17-14(16(19)21)18-15(20)11-7-3-2-4-8-11/h2-10,14H,1H3,(H,18,20)/t14-/m0/s1. The smallest absolute Gasteiger partial charge is 0.272 e. The third-order valence-corrected chi connectivity index (χ3v) is 3.38. The molecule has 2 aromatic carbocycles. The van der Waals surface area contributed by atoms with Crippen molar-refractivity contribution < 1.29 is 9.59 Å². The van der Waals surface area contributed by atoms with Gasteiger partial charge in [-0.2, -0.15) is 0 Å². The van der Waals surface area contributed by atoms with Crippen molar-refractivity contribution in [3.8, 4) is 0 Å². The van der Waals surface area contributed by atoms with Crippen LogP contribution in [0.5, 0.6) is 0 Å². The minimum atomic E-state index is -0.891. The third-order valence-electron chi connectivity index (χ3n) is 3.38. The van der Waals surface area contributed by atoms with Crippen molar-refractivity contribution in [1.82, 2.24) is 10.6 Å². The van der Waals surface area contributed by atoms with E-state index in [1.54, 1.807) is 31.3 Å². The minimum Gasteiger partial charge on any atom is -0.322 e. The fraction of sp³-hybridized carbons (Fsp3) is 0.125. The number of hydrogen-bond donors (Lipinski definition) is 1. The molecule has 3 rings (SSSR count). The van der Waals surface area contributed by atoms with Gasteiger partial charge in [-0.1, -0.05) is 30.3 Å². The van der Waals surface area contributed by atoms with Gasteiger partial charge in [0.25, 0.3) is 11.8 Å². The van der Waals surface area contributed by atoms with Crippen LogP contribution in [0.25, 0.3) is 0 Å². The predicted octanol–water partition coefficient (Wildman–Crippen LogP) is 1.65. The van der Waals surface area contributed by atoms with Gasteiger partial charge in [0.15, 0.2) is 0 Å². The lowest BCUT2D eigenvalue weighted by Gasteiger charge is -2.31. The molecule has 0 saturated carbocycles. The maximum atomic E-state index is 12.3. The fourth-order valence-corrected chi connectivity index (χ4v) is 2.24. The Kier molecular flexibility index (Phi) is 3.31. The molecule has 1 atom stereocenters. The lowest BCUT2D eigenvalue weighted by Crippen LogP contribution is -2.54. The number of anilines is 1. The van der Waals surface area contributed by atoms with E-state index < -0.39 is 6.17 Å². The second kappa shape index (κ2) is 5.28. The molecule has 0 aliphatic carbocycles. The van der Waals surface area contributed by atoms with E-state index in [1.807, 2.05) is 30.3 Å². The highest BCUT2D eigenvalue weighted by Gasteiger charge is 2.32. The molecule has 1 N–H and O–H groups in total. The van der Waals surface area contributed by atoms with Crippen LogP contribution < -0.4 is 15.5 Å². The van der Waals surface area contributed by atoms with Crippen molar-refractivity contribution in [3.05, 3.63) is 60.2 Å². The Labute approximate surface area is 122 Å². The van der Waals surface area contributed by atoms with Gasteiger partial charge < -0.3 is 10.2 Å². The number of para-hydroxylation sites is 2. The predicted molar refractivity (Wildman–Crippen MR) is 79.3 cm³/mol. The number of fused-ring (bicyclic) bond motifs is 1. The van der Waals surface area contributed by atoms with Gasteiger partial charge in [0.2, 0.25) is 6.17 Å². The van der Waals surface area contributed by atoms with Crippen LogP contribution in [0.4, 0.5) is 11.4 Å². The molecule has 0 unspecified atom stereocenters. The zero-order valence-electron chi connectivity index (χ0n) is 11.5. The van der Waals surface area contributed by atoms with E-state index in [4.69, 9.17) is 0 Å². The van der Waals surface area contributed by atoms with Crippen LogP contribution >= 0.6 is 0 Å². The first kappa shape index (κ1) is 13.2. The number of carbonyl (C=O) groups excluding carboxylic acids is 2. The molecule has 5 nitrogen and oxygen atoms in total. The second-order valence-corrected chi connectivity index (χ2v) is 4.76. The van der Waals surface area contributed by atoms with E-state index in [2.05, 4.69) is 10.6 Å². The molecule has 2 aromatic rings. The summed E-state index contributed by atoms with van der Waals surface area (Å²) in [6.07, 6.45) is -0.891. The van der Waals surface area contributed by atoms with Gasteiger partial charge >= 0.3 is 0 Å². The van der Waals surface area contributed by atoms with E-state index in [0.29, 0.717) is 11.3 Å². The molecule has 5 heteroatoms. The zero-order valence-corrected chi connectivity index (χ0v) is 11.5. The first-order valence-electron chi connectivity index (χ1n) is 6.60. The molecule has 105 valence electrons.